The molecule has 0 aliphatic carbocycles. The molecule has 1 aromatic rings. The SMILES string of the molecule is CCN1CCC(N/C=C(\C=N)c2cnc(N)c(C(N)=O)c2)CC1. The molecule has 7 heteroatoms. The molecular formula is C16H24N6O. The van der Waals surface area contributed by atoms with Crippen molar-refractivity contribution in [2.75, 3.05) is 25.4 Å². The fourth-order valence-corrected chi connectivity index (χ4v) is 2.66. The first-order valence-electron chi connectivity index (χ1n) is 7.79. The van der Waals surface area contributed by atoms with E-state index in [1.54, 1.807) is 18.5 Å². The van der Waals surface area contributed by atoms with Crippen molar-refractivity contribution in [3.05, 3.63) is 29.6 Å². The fourth-order valence-electron chi connectivity index (χ4n) is 2.66. The van der Waals surface area contributed by atoms with Crippen LogP contribution in [-0.4, -0.2) is 47.7 Å². The zero-order valence-corrected chi connectivity index (χ0v) is 13.4. The van der Waals surface area contributed by atoms with E-state index in [0.717, 1.165) is 32.5 Å². The van der Waals surface area contributed by atoms with Gasteiger partial charge in [-0.1, -0.05) is 6.92 Å². The minimum Gasteiger partial charge on any atom is -0.388 e. The summed E-state index contributed by atoms with van der Waals surface area (Å²) in [7, 11) is 0. The molecule has 23 heavy (non-hydrogen) atoms. The van der Waals surface area contributed by atoms with Gasteiger partial charge in [-0.25, -0.2) is 4.98 Å². The Labute approximate surface area is 136 Å². The number of nitrogens with zero attached hydrogens (tertiary/aromatic N) is 2. The van der Waals surface area contributed by atoms with Gasteiger partial charge in [-0.3, -0.25) is 4.79 Å². The van der Waals surface area contributed by atoms with Crippen LogP contribution in [0.4, 0.5) is 5.82 Å². The molecule has 0 radical (unpaired) electrons. The van der Waals surface area contributed by atoms with Crippen molar-refractivity contribution >= 4 is 23.5 Å². The summed E-state index contributed by atoms with van der Waals surface area (Å²) in [6.07, 6.45) is 6.72. The summed E-state index contributed by atoms with van der Waals surface area (Å²) < 4.78 is 0. The molecule has 1 aromatic heterocycles. The number of rotatable bonds is 6. The Morgan fingerprint density at radius 1 is 1.52 bits per heavy atom. The average molecular weight is 316 g/mol. The van der Waals surface area contributed by atoms with E-state index < -0.39 is 5.91 Å². The monoisotopic (exact) mass is 316 g/mol. The first-order valence-corrected chi connectivity index (χ1v) is 7.79. The van der Waals surface area contributed by atoms with Crippen LogP contribution in [-0.2, 0) is 0 Å². The molecular weight excluding hydrogens is 292 g/mol. The lowest BCUT2D eigenvalue weighted by Crippen LogP contribution is -2.40. The zero-order valence-electron chi connectivity index (χ0n) is 13.4. The van der Waals surface area contributed by atoms with Crippen molar-refractivity contribution in [3.8, 4) is 0 Å². The summed E-state index contributed by atoms with van der Waals surface area (Å²) >= 11 is 0. The Morgan fingerprint density at radius 2 is 2.22 bits per heavy atom. The van der Waals surface area contributed by atoms with Gasteiger partial charge in [0.05, 0.1) is 5.56 Å². The van der Waals surface area contributed by atoms with Gasteiger partial charge in [0.2, 0.25) is 0 Å². The Balaban J connectivity index is 2.09. The summed E-state index contributed by atoms with van der Waals surface area (Å²) in [4.78, 5) is 17.8. The van der Waals surface area contributed by atoms with Gasteiger partial charge >= 0.3 is 0 Å². The smallest absolute Gasteiger partial charge is 0.252 e. The normalized spacial score (nSPS) is 17.0. The van der Waals surface area contributed by atoms with E-state index in [4.69, 9.17) is 16.9 Å². The molecule has 0 atom stereocenters. The number of allylic oxidation sites excluding steroid dienone is 1. The van der Waals surface area contributed by atoms with Crippen LogP contribution >= 0.6 is 0 Å². The Hall–Kier alpha value is -2.41. The summed E-state index contributed by atoms with van der Waals surface area (Å²) in [5, 5.41) is 11.0. The molecule has 1 aliphatic heterocycles. The number of likely N-dealkylation sites (tertiary alicyclic amines) is 1. The number of hydrogen-bond donors (Lipinski definition) is 4. The van der Waals surface area contributed by atoms with Gasteiger partial charge in [0.1, 0.15) is 5.82 Å². The van der Waals surface area contributed by atoms with Crippen molar-refractivity contribution < 1.29 is 4.79 Å². The molecule has 2 heterocycles. The quantitative estimate of drug-likeness (QED) is 0.579. The lowest BCUT2D eigenvalue weighted by Gasteiger charge is -2.31. The number of carbonyl (C=O) groups excluding carboxylic acids is 1. The van der Waals surface area contributed by atoms with E-state index in [2.05, 4.69) is 22.1 Å². The summed E-state index contributed by atoms with van der Waals surface area (Å²) in [6.45, 7) is 5.42. The molecule has 1 amide bonds. The molecule has 124 valence electrons. The number of piperidine rings is 1. The number of anilines is 1. The number of nitrogens with one attached hydrogen (secondary N) is 2. The Bertz CT molecular complexity index is 605. The summed E-state index contributed by atoms with van der Waals surface area (Å²) in [5.41, 5.74) is 12.4. The number of hydrogen-bond acceptors (Lipinski definition) is 6. The van der Waals surface area contributed by atoms with Crippen LogP contribution in [0.3, 0.4) is 0 Å². The van der Waals surface area contributed by atoms with Gasteiger partial charge < -0.3 is 27.1 Å². The highest BCUT2D eigenvalue weighted by Crippen LogP contribution is 2.17. The molecule has 1 saturated heterocycles. The lowest BCUT2D eigenvalue weighted by atomic mass is 10.0. The number of aromatic nitrogens is 1. The van der Waals surface area contributed by atoms with Crippen molar-refractivity contribution in [2.24, 2.45) is 5.73 Å². The van der Waals surface area contributed by atoms with E-state index in [1.807, 2.05) is 0 Å². The summed E-state index contributed by atoms with van der Waals surface area (Å²) in [5.74, 6) is -0.522. The zero-order chi connectivity index (χ0) is 16.8. The number of nitrogens with two attached hydrogens (primary N) is 2. The van der Waals surface area contributed by atoms with Gasteiger partial charge in [-0.05, 0) is 25.5 Å². The lowest BCUT2D eigenvalue weighted by molar-refractivity contribution is 0.100. The third-order valence-electron chi connectivity index (χ3n) is 4.18. The molecule has 6 N–H and O–H groups in total. The average Bonchev–Trinajstić information content (AvgIpc) is 2.57. The van der Waals surface area contributed by atoms with Crippen LogP contribution in [0.25, 0.3) is 5.57 Å². The second kappa shape index (κ2) is 7.73. The van der Waals surface area contributed by atoms with Crippen LogP contribution in [0.2, 0.25) is 0 Å². The number of amides is 1. The van der Waals surface area contributed by atoms with E-state index >= 15 is 0 Å². The molecule has 0 bridgehead atoms. The predicted molar refractivity (Wildman–Crippen MR) is 92.2 cm³/mol. The minimum atomic E-state index is -0.624. The van der Waals surface area contributed by atoms with Gasteiger partial charge in [0, 0.05) is 48.9 Å². The maximum absolute atomic E-state index is 11.4. The Kier molecular flexibility index (Phi) is 5.70. The molecule has 0 aromatic carbocycles. The van der Waals surface area contributed by atoms with Crippen LogP contribution in [0.5, 0.6) is 0 Å². The van der Waals surface area contributed by atoms with Crippen LogP contribution < -0.4 is 16.8 Å². The molecule has 0 spiro atoms. The molecule has 7 nitrogen and oxygen atoms in total. The number of primary amides is 1. The summed E-state index contributed by atoms with van der Waals surface area (Å²) in [6, 6.07) is 1.97. The highest BCUT2D eigenvalue weighted by Gasteiger charge is 2.17. The van der Waals surface area contributed by atoms with E-state index in [1.165, 1.54) is 6.21 Å². The maximum Gasteiger partial charge on any atom is 0.252 e. The predicted octanol–water partition coefficient (Wildman–Crippen LogP) is 0.827. The molecule has 0 unspecified atom stereocenters. The number of nitrogen functional groups attached to an aromatic ring is 1. The van der Waals surface area contributed by atoms with Crippen LogP contribution in [0.1, 0.15) is 35.7 Å². The number of carbonyl (C=O) groups is 1. The van der Waals surface area contributed by atoms with Crippen molar-refractivity contribution in [1.29, 1.82) is 5.41 Å². The Morgan fingerprint density at radius 3 is 2.78 bits per heavy atom. The van der Waals surface area contributed by atoms with Gasteiger partial charge in [-0.15, -0.1) is 0 Å². The third-order valence-corrected chi connectivity index (χ3v) is 4.18. The first-order chi connectivity index (χ1) is 11.0. The van der Waals surface area contributed by atoms with Crippen molar-refractivity contribution in [1.82, 2.24) is 15.2 Å². The van der Waals surface area contributed by atoms with Gasteiger partial charge in [0.25, 0.3) is 5.91 Å². The molecule has 0 saturated carbocycles. The minimum absolute atomic E-state index is 0.102. The molecule has 1 aliphatic rings. The van der Waals surface area contributed by atoms with Crippen molar-refractivity contribution in [2.45, 2.75) is 25.8 Å². The largest absolute Gasteiger partial charge is 0.388 e. The maximum atomic E-state index is 11.4. The van der Waals surface area contributed by atoms with Crippen LogP contribution in [0, 0.1) is 5.41 Å². The van der Waals surface area contributed by atoms with Gasteiger partial charge in [-0.2, -0.15) is 0 Å². The van der Waals surface area contributed by atoms with E-state index in [0.29, 0.717) is 17.2 Å². The molecule has 2 rings (SSSR count). The molecule has 1 fully saturated rings. The van der Waals surface area contributed by atoms with E-state index in [-0.39, 0.29) is 11.4 Å². The van der Waals surface area contributed by atoms with Crippen molar-refractivity contribution in [3.63, 3.8) is 0 Å². The van der Waals surface area contributed by atoms with E-state index in [9.17, 15) is 4.79 Å². The topological polar surface area (TPSA) is 121 Å². The number of pyridine rings is 1. The van der Waals surface area contributed by atoms with Crippen LogP contribution in [0.15, 0.2) is 18.5 Å². The first kappa shape index (κ1) is 17.0. The highest BCUT2D eigenvalue weighted by molar-refractivity contribution is 6.09. The second-order valence-corrected chi connectivity index (χ2v) is 5.64. The third kappa shape index (κ3) is 4.29. The standard InChI is InChI=1S/C16H24N6O/c1-2-22-5-3-13(4-6-22)20-10-12(8-17)11-7-14(16(19)23)15(18)21-9-11/h7-10,13,17,20H,2-6H2,1H3,(H2,18,21)(H2,19,23)/b12-10+,17-8?. The van der Waals surface area contributed by atoms with Gasteiger partial charge in [0.15, 0.2) is 0 Å². The fraction of sp³-hybridized carbons (Fsp3) is 0.438. The highest BCUT2D eigenvalue weighted by atomic mass is 16.1. The second-order valence-electron chi connectivity index (χ2n) is 5.64.